The number of carbonyl (C=O) groups is 1. The van der Waals surface area contributed by atoms with E-state index >= 15 is 0 Å². The maximum atomic E-state index is 12.2. The van der Waals surface area contributed by atoms with Crippen molar-refractivity contribution in [2.24, 2.45) is 4.99 Å². The third kappa shape index (κ3) is 7.98. The minimum Gasteiger partial charge on any atom is -0.357 e. The Morgan fingerprint density at radius 3 is 2.40 bits per heavy atom. The van der Waals surface area contributed by atoms with Crippen molar-refractivity contribution in [1.82, 2.24) is 20.9 Å². The van der Waals surface area contributed by atoms with Crippen LogP contribution in [0.25, 0.3) is 0 Å². The molecule has 1 aliphatic heterocycles. The lowest BCUT2D eigenvalue weighted by Gasteiger charge is -2.22. The highest BCUT2D eigenvalue weighted by molar-refractivity contribution is 5.81. The van der Waals surface area contributed by atoms with Crippen LogP contribution in [0.4, 0.5) is 0 Å². The Bertz CT molecular complexity index is 661. The number of rotatable bonds is 9. The lowest BCUT2D eigenvalue weighted by atomic mass is 9.95. The first kappa shape index (κ1) is 22.6. The Morgan fingerprint density at radius 2 is 1.70 bits per heavy atom. The second kappa shape index (κ2) is 12.6. The summed E-state index contributed by atoms with van der Waals surface area (Å²) in [5, 5.41) is 9.73. The van der Waals surface area contributed by atoms with Gasteiger partial charge in [0.2, 0.25) is 5.91 Å². The van der Waals surface area contributed by atoms with Gasteiger partial charge in [-0.3, -0.25) is 9.69 Å². The molecule has 6 heteroatoms. The number of nitrogens with one attached hydrogen (secondary N) is 3. The van der Waals surface area contributed by atoms with Gasteiger partial charge >= 0.3 is 0 Å². The second-order valence-electron chi connectivity index (χ2n) is 8.57. The maximum Gasteiger partial charge on any atom is 0.221 e. The third-order valence-electron chi connectivity index (χ3n) is 6.01. The summed E-state index contributed by atoms with van der Waals surface area (Å²) in [7, 11) is 0. The zero-order valence-corrected chi connectivity index (χ0v) is 18.6. The molecule has 2 aliphatic rings. The van der Waals surface area contributed by atoms with Gasteiger partial charge in [-0.05, 0) is 56.8 Å². The molecule has 1 aromatic carbocycles. The maximum absolute atomic E-state index is 12.2. The van der Waals surface area contributed by atoms with Crippen LogP contribution in [0.5, 0.6) is 0 Å². The van der Waals surface area contributed by atoms with Crippen LogP contribution >= 0.6 is 0 Å². The minimum atomic E-state index is 0.138. The molecular weight excluding hydrogens is 374 g/mol. The quantitative estimate of drug-likeness (QED) is 0.430. The van der Waals surface area contributed by atoms with Gasteiger partial charge in [-0.1, -0.05) is 43.5 Å². The highest BCUT2D eigenvalue weighted by Gasteiger charge is 2.15. The molecule has 1 aliphatic carbocycles. The SMILES string of the molecule is CCNC(=NCc1ccc(CN2CCCC2)cc1)NCCC(=O)NC1CCCCC1. The van der Waals surface area contributed by atoms with E-state index < -0.39 is 0 Å². The van der Waals surface area contributed by atoms with Crippen molar-refractivity contribution in [3.8, 4) is 0 Å². The Hall–Kier alpha value is -2.08. The molecule has 30 heavy (non-hydrogen) atoms. The van der Waals surface area contributed by atoms with Gasteiger partial charge in [0.1, 0.15) is 0 Å². The number of amides is 1. The topological polar surface area (TPSA) is 68.8 Å². The van der Waals surface area contributed by atoms with E-state index in [1.165, 1.54) is 56.3 Å². The average molecular weight is 414 g/mol. The van der Waals surface area contributed by atoms with E-state index in [2.05, 4.69) is 57.0 Å². The highest BCUT2D eigenvalue weighted by Crippen LogP contribution is 2.17. The summed E-state index contributed by atoms with van der Waals surface area (Å²) in [4.78, 5) is 19.4. The van der Waals surface area contributed by atoms with Crippen molar-refractivity contribution in [1.29, 1.82) is 0 Å². The second-order valence-corrected chi connectivity index (χ2v) is 8.57. The summed E-state index contributed by atoms with van der Waals surface area (Å²) in [6.45, 7) is 7.59. The van der Waals surface area contributed by atoms with Crippen molar-refractivity contribution in [2.75, 3.05) is 26.2 Å². The predicted octanol–water partition coefficient (Wildman–Crippen LogP) is 3.18. The van der Waals surface area contributed by atoms with Crippen LogP contribution in [0.1, 0.15) is 69.4 Å². The monoisotopic (exact) mass is 413 g/mol. The van der Waals surface area contributed by atoms with Crippen LogP contribution in [0, 0.1) is 0 Å². The fraction of sp³-hybridized carbons (Fsp3) is 0.667. The molecule has 0 radical (unpaired) electrons. The Morgan fingerprint density at radius 1 is 1.00 bits per heavy atom. The third-order valence-corrected chi connectivity index (χ3v) is 6.01. The Kier molecular flexibility index (Phi) is 9.48. The Labute approximate surface area is 181 Å². The van der Waals surface area contributed by atoms with Crippen LogP contribution in [-0.2, 0) is 17.9 Å². The molecule has 0 atom stereocenters. The summed E-state index contributed by atoms with van der Waals surface area (Å²) >= 11 is 0. The zero-order chi connectivity index (χ0) is 21.0. The van der Waals surface area contributed by atoms with E-state index in [0.717, 1.165) is 31.9 Å². The molecule has 6 nitrogen and oxygen atoms in total. The van der Waals surface area contributed by atoms with E-state index in [1.54, 1.807) is 0 Å². The number of guanidine groups is 1. The summed E-state index contributed by atoms with van der Waals surface area (Å²) in [6.07, 6.45) is 9.16. The van der Waals surface area contributed by atoms with E-state index in [0.29, 0.717) is 25.6 Å². The van der Waals surface area contributed by atoms with Gasteiger partial charge in [0, 0.05) is 32.1 Å². The van der Waals surface area contributed by atoms with Gasteiger partial charge in [0.25, 0.3) is 0 Å². The van der Waals surface area contributed by atoms with E-state index in [1.807, 2.05) is 0 Å². The summed E-state index contributed by atoms with van der Waals surface area (Å²) < 4.78 is 0. The summed E-state index contributed by atoms with van der Waals surface area (Å²) in [5.74, 6) is 0.906. The predicted molar refractivity (Wildman–Crippen MR) is 123 cm³/mol. The molecule has 1 saturated heterocycles. The summed E-state index contributed by atoms with van der Waals surface area (Å²) in [5.41, 5.74) is 2.58. The van der Waals surface area contributed by atoms with Crippen molar-refractivity contribution in [3.05, 3.63) is 35.4 Å². The molecule has 1 heterocycles. The number of hydrogen-bond acceptors (Lipinski definition) is 3. The summed E-state index contributed by atoms with van der Waals surface area (Å²) in [6, 6.07) is 9.17. The molecule has 1 aromatic rings. The lowest BCUT2D eigenvalue weighted by molar-refractivity contribution is -0.121. The normalized spacial score (nSPS) is 18.4. The number of benzene rings is 1. The first-order chi connectivity index (χ1) is 14.7. The van der Waals surface area contributed by atoms with Crippen molar-refractivity contribution in [2.45, 2.75) is 77.4 Å². The van der Waals surface area contributed by atoms with Gasteiger partial charge in [0.15, 0.2) is 5.96 Å². The molecule has 0 unspecified atom stereocenters. The number of aliphatic imine (C=N–C) groups is 1. The number of hydrogen-bond donors (Lipinski definition) is 3. The first-order valence-electron chi connectivity index (χ1n) is 11.8. The van der Waals surface area contributed by atoms with E-state index in [-0.39, 0.29) is 5.91 Å². The van der Waals surface area contributed by atoms with Gasteiger partial charge in [-0.2, -0.15) is 0 Å². The largest absolute Gasteiger partial charge is 0.357 e. The number of likely N-dealkylation sites (tertiary alicyclic amines) is 1. The van der Waals surface area contributed by atoms with Crippen molar-refractivity contribution < 1.29 is 4.79 Å². The molecule has 3 N–H and O–H groups in total. The van der Waals surface area contributed by atoms with Crippen LogP contribution in [0.2, 0.25) is 0 Å². The van der Waals surface area contributed by atoms with Crippen molar-refractivity contribution in [3.63, 3.8) is 0 Å². The molecule has 0 bridgehead atoms. The zero-order valence-electron chi connectivity index (χ0n) is 18.6. The standard InChI is InChI=1S/C24H39N5O/c1-2-25-24(26-15-14-23(30)28-22-8-4-3-5-9-22)27-18-20-10-12-21(13-11-20)19-29-16-6-7-17-29/h10-13,22H,2-9,14-19H2,1H3,(H,28,30)(H2,25,26,27). The van der Waals surface area contributed by atoms with Gasteiger partial charge in [-0.25, -0.2) is 4.99 Å². The molecular formula is C24H39N5O. The smallest absolute Gasteiger partial charge is 0.221 e. The first-order valence-corrected chi connectivity index (χ1v) is 11.8. The minimum absolute atomic E-state index is 0.138. The fourth-order valence-electron chi connectivity index (χ4n) is 4.30. The Balaban J connectivity index is 1.40. The van der Waals surface area contributed by atoms with E-state index in [4.69, 9.17) is 0 Å². The number of carbonyl (C=O) groups excluding carboxylic acids is 1. The molecule has 2 fully saturated rings. The molecule has 3 rings (SSSR count). The van der Waals surface area contributed by atoms with Gasteiger partial charge in [0.05, 0.1) is 6.54 Å². The van der Waals surface area contributed by atoms with Crippen LogP contribution < -0.4 is 16.0 Å². The molecule has 1 saturated carbocycles. The number of nitrogens with zero attached hydrogens (tertiary/aromatic N) is 2. The molecule has 1 amide bonds. The molecule has 166 valence electrons. The van der Waals surface area contributed by atoms with E-state index in [9.17, 15) is 4.79 Å². The van der Waals surface area contributed by atoms with Crippen LogP contribution in [-0.4, -0.2) is 49.0 Å². The fourth-order valence-corrected chi connectivity index (χ4v) is 4.30. The van der Waals surface area contributed by atoms with Gasteiger partial charge in [-0.15, -0.1) is 0 Å². The highest BCUT2D eigenvalue weighted by atomic mass is 16.1. The van der Waals surface area contributed by atoms with Gasteiger partial charge < -0.3 is 16.0 Å². The lowest BCUT2D eigenvalue weighted by Crippen LogP contribution is -2.41. The molecule has 0 aromatic heterocycles. The van der Waals surface area contributed by atoms with Crippen LogP contribution in [0.15, 0.2) is 29.3 Å². The van der Waals surface area contributed by atoms with Crippen molar-refractivity contribution >= 4 is 11.9 Å². The average Bonchev–Trinajstić information content (AvgIpc) is 3.27. The van der Waals surface area contributed by atoms with Crippen LogP contribution in [0.3, 0.4) is 0 Å². The molecule has 0 spiro atoms.